The lowest BCUT2D eigenvalue weighted by atomic mass is 10.1. The average molecular weight is 322 g/mol. The molecule has 0 saturated heterocycles. The zero-order valence-corrected chi connectivity index (χ0v) is 11.6. The van der Waals surface area contributed by atoms with Crippen molar-refractivity contribution in [1.82, 2.24) is 9.55 Å². The van der Waals surface area contributed by atoms with Crippen LogP contribution in [0.3, 0.4) is 0 Å². The first kappa shape index (κ1) is 13.4. The Bertz CT molecular complexity index is 734. The molecule has 4 nitrogen and oxygen atoms in total. The van der Waals surface area contributed by atoms with Crippen LogP contribution in [0.1, 0.15) is 17.0 Å². The first-order valence-corrected chi connectivity index (χ1v) is 6.22. The summed E-state index contributed by atoms with van der Waals surface area (Å²) in [5, 5.41) is 8.68. The largest absolute Gasteiger partial charge is 0.291 e. The smallest absolute Gasteiger partial charge is 0.268 e. The van der Waals surface area contributed by atoms with Gasteiger partial charge in [0.25, 0.3) is 5.56 Å². The van der Waals surface area contributed by atoms with Crippen LogP contribution in [-0.2, 0) is 6.54 Å². The van der Waals surface area contributed by atoms with Crippen LogP contribution in [-0.4, -0.2) is 9.55 Å². The molecule has 0 unspecified atom stereocenters. The van der Waals surface area contributed by atoms with Crippen molar-refractivity contribution in [2.24, 2.45) is 0 Å². The fourth-order valence-corrected chi connectivity index (χ4v) is 1.97. The van der Waals surface area contributed by atoms with Crippen molar-refractivity contribution in [1.29, 1.82) is 5.26 Å². The molecule has 0 N–H and O–H groups in total. The molecule has 6 heteroatoms. The number of hydrogen-bond acceptors (Lipinski definition) is 3. The van der Waals surface area contributed by atoms with E-state index in [-0.39, 0.29) is 17.7 Å². The highest BCUT2D eigenvalue weighted by Gasteiger charge is 2.09. The van der Waals surface area contributed by atoms with Gasteiger partial charge in [-0.15, -0.1) is 0 Å². The van der Waals surface area contributed by atoms with Gasteiger partial charge >= 0.3 is 0 Å². The third-order valence-electron chi connectivity index (χ3n) is 2.72. The second kappa shape index (κ2) is 5.33. The zero-order chi connectivity index (χ0) is 14.0. The first-order chi connectivity index (χ1) is 9.02. The van der Waals surface area contributed by atoms with Gasteiger partial charge in [0.15, 0.2) is 0 Å². The summed E-state index contributed by atoms with van der Waals surface area (Å²) in [4.78, 5) is 16.0. The molecule has 0 bridgehead atoms. The van der Waals surface area contributed by atoms with Crippen molar-refractivity contribution >= 4 is 15.9 Å². The second-order valence-corrected chi connectivity index (χ2v) is 4.82. The maximum absolute atomic E-state index is 13.8. The van der Waals surface area contributed by atoms with E-state index in [2.05, 4.69) is 20.9 Å². The van der Waals surface area contributed by atoms with E-state index in [4.69, 9.17) is 5.26 Å². The van der Waals surface area contributed by atoms with Crippen LogP contribution in [0.2, 0.25) is 0 Å². The minimum Gasteiger partial charge on any atom is -0.291 e. The quantitative estimate of drug-likeness (QED) is 0.853. The van der Waals surface area contributed by atoms with Crippen molar-refractivity contribution < 1.29 is 4.39 Å². The van der Waals surface area contributed by atoms with Crippen molar-refractivity contribution in [3.05, 3.63) is 62.0 Å². The summed E-state index contributed by atoms with van der Waals surface area (Å²) >= 11 is 3.10. The van der Waals surface area contributed by atoms with E-state index in [1.165, 1.54) is 22.9 Å². The molecule has 19 heavy (non-hydrogen) atoms. The van der Waals surface area contributed by atoms with Gasteiger partial charge in [-0.1, -0.05) is 6.07 Å². The highest BCUT2D eigenvalue weighted by atomic mass is 79.9. The summed E-state index contributed by atoms with van der Waals surface area (Å²) in [6, 6.07) is 6.03. The van der Waals surface area contributed by atoms with Gasteiger partial charge in [0.1, 0.15) is 16.1 Å². The molecule has 1 aromatic carbocycles. The normalized spacial score (nSPS) is 10.2. The number of hydrogen-bond donors (Lipinski definition) is 0. The Kier molecular flexibility index (Phi) is 3.76. The van der Waals surface area contributed by atoms with Gasteiger partial charge in [0.05, 0.1) is 18.2 Å². The fourth-order valence-electron chi connectivity index (χ4n) is 1.65. The topological polar surface area (TPSA) is 58.7 Å². The molecule has 0 amide bonds. The molecule has 0 saturated carbocycles. The third-order valence-corrected chi connectivity index (χ3v) is 3.26. The summed E-state index contributed by atoms with van der Waals surface area (Å²) in [6.45, 7) is 1.75. The molecule has 0 aliphatic rings. The number of rotatable bonds is 2. The number of aromatic nitrogens is 2. The van der Waals surface area contributed by atoms with Crippen molar-refractivity contribution in [2.45, 2.75) is 13.5 Å². The number of nitrogens with zero attached hydrogens (tertiary/aromatic N) is 3. The molecule has 0 spiro atoms. The Hall–Kier alpha value is -2.00. The Balaban J connectivity index is 2.46. The second-order valence-electron chi connectivity index (χ2n) is 3.96. The Labute approximate surface area is 117 Å². The van der Waals surface area contributed by atoms with Crippen LogP contribution in [0.4, 0.5) is 4.39 Å². The van der Waals surface area contributed by atoms with Gasteiger partial charge in [0.2, 0.25) is 0 Å². The highest BCUT2D eigenvalue weighted by Crippen LogP contribution is 2.12. The van der Waals surface area contributed by atoms with Crippen LogP contribution in [0, 0.1) is 24.1 Å². The van der Waals surface area contributed by atoms with Gasteiger partial charge < -0.3 is 0 Å². The van der Waals surface area contributed by atoms with Gasteiger partial charge in [-0.05, 0) is 35.0 Å². The minimum absolute atomic E-state index is 0.0780. The van der Waals surface area contributed by atoms with E-state index in [0.29, 0.717) is 15.9 Å². The monoisotopic (exact) mass is 321 g/mol. The number of nitriles is 1. The molecular formula is C13H9BrFN3O. The lowest BCUT2D eigenvalue weighted by Gasteiger charge is -2.10. The van der Waals surface area contributed by atoms with Crippen LogP contribution in [0.25, 0.3) is 0 Å². The predicted molar refractivity (Wildman–Crippen MR) is 71.2 cm³/mol. The molecule has 96 valence electrons. The van der Waals surface area contributed by atoms with E-state index < -0.39 is 5.82 Å². The van der Waals surface area contributed by atoms with Crippen LogP contribution >= 0.6 is 15.9 Å². The fraction of sp³-hybridized carbons (Fsp3) is 0.154. The van der Waals surface area contributed by atoms with E-state index in [9.17, 15) is 9.18 Å². The summed E-state index contributed by atoms with van der Waals surface area (Å²) in [5.74, 6) is -0.0118. The molecule has 0 aliphatic heterocycles. The number of aryl methyl sites for hydroxylation is 1. The van der Waals surface area contributed by atoms with E-state index in [1.54, 1.807) is 6.92 Å². The Morgan fingerprint density at radius 2 is 2.26 bits per heavy atom. The van der Waals surface area contributed by atoms with E-state index in [1.807, 2.05) is 6.07 Å². The van der Waals surface area contributed by atoms with Crippen LogP contribution in [0.15, 0.2) is 33.7 Å². The maximum atomic E-state index is 13.8. The number of halogens is 2. The first-order valence-electron chi connectivity index (χ1n) is 5.43. The summed E-state index contributed by atoms with van der Waals surface area (Å²) in [5.41, 5.74) is 0.318. The predicted octanol–water partition coefficient (Wildman–Crippen LogP) is 2.37. The third kappa shape index (κ3) is 2.71. The lowest BCUT2D eigenvalue weighted by Crippen LogP contribution is -2.24. The average Bonchev–Trinajstić information content (AvgIpc) is 2.40. The summed E-state index contributed by atoms with van der Waals surface area (Å²) in [6.07, 6.45) is 1.42. The number of benzene rings is 1. The maximum Gasteiger partial charge on any atom is 0.268 e. The van der Waals surface area contributed by atoms with E-state index >= 15 is 0 Å². The molecule has 2 rings (SSSR count). The molecular weight excluding hydrogens is 313 g/mol. The van der Waals surface area contributed by atoms with Gasteiger partial charge in [-0.25, -0.2) is 9.37 Å². The van der Waals surface area contributed by atoms with Gasteiger partial charge in [0, 0.05) is 11.8 Å². The van der Waals surface area contributed by atoms with Gasteiger partial charge in [-0.2, -0.15) is 5.26 Å². The van der Waals surface area contributed by atoms with Crippen molar-refractivity contribution in [3.63, 3.8) is 0 Å². The summed E-state index contributed by atoms with van der Waals surface area (Å²) < 4.78 is 15.5. The standard InChI is InChI=1S/C13H9BrFN3O/c1-8-17-6-11(14)13(19)18(8)7-10-3-2-9(5-16)4-12(10)15/h2-4,6H,7H2,1H3. The molecule has 0 fully saturated rings. The van der Waals surface area contributed by atoms with Crippen LogP contribution < -0.4 is 5.56 Å². The lowest BCUT2D eigenvalue weighted by molar-refractivity contribution is 0.588. The molecule has 0 radical (unpaired) electrons. The minimum atomic E-state index is -0.509. The van der Waals surface area contributed by atoms with Crippen molar-refractivity contribution in [3.8, 4) is 6.07 Å². The SMILES string of the molecule is Cc1ncc(Br)c(=O)n1Cc1ccc(C#N)cc1F. The highest BCUT2D eigenvalue weighted by molar-refractivity contribution is 9.10. The van der Waals surface area contributed by atoms with Gasteiger partial charge in [-0.3, -0.25) is 9.36 Å². The Morgan fingerprint density at radius 3 is 2.89 bits per heavy atom. The molecule has 0 atom stereocenters. The molecule has 1 heterocycles. The van der Waals surface area contributed by atoms with E-state index in [0.717, 1.165) is 6.07 Å². The Morgan fingerprint density at radius 1 is 1.53 bits per heavy atom. The molecule has 0 aliphatic carbocycles. The zero-order valence-electron chi connectivity index (χ0n) is 10.0. The van der Waals surface area contributed by atoms with Crippen molar-refractivity contribution in [2.75, 3.05) is 0 Å². The molecule has 1 aromatic heterocycles. The summed E-state index contributed by atoms with van der Waals surface area (Å²) in [7, 11) is 0. The van der Waals surface area contributed by atoms with Crippen LogP contribution in [0.5, 0.6) is 0 Å². The molecule has 2 aromatic rings.